The van der Waals surface area contributed by atoms with Gasteiger partial charge in [0.15, 0.2) is 11.5 Å². The second-order valence-corrected chi connectivity index (χ2v) is 8.65. The van der Waals surface area contributed by atoms with Crippen LogP contribution >= 0.6 is 27.7 Å². The van der Waals surface area contributed by atoms with E-state index >= 15 is 0 Å². The summed E-state index contributed by atoms with van der Waals surface area (Å²) in [6, 6.07) is 10.6. The van der Waals surface area contributed by atoms with Crippen LogP contribution < -0.4 is 14.8 Å². The van der Waals surface area contributed by atoms with Crippen molar-refractivity contribution in [3.8, 4) is 11.5 Å². The summed E-state index contributed by atoms with van der Waals surface area (Å²) >= 11 is 4.23. The normalized spacial score (nSPS) is 14.6. The van der Waals surface area contributed by atoms with Crippen molar-refractivity contribution in [1.82, 2.24) is 4.90 Å². The first-order valence-electron chi connectivity index (χ1n) is 9.55. The van der Waals surface area contributed by atoms with Crippen LogP contribution in [0.2, 0.25) is 0 Å². The van der Waals surface area contributed by atoms with Crippen LogP contribution in [0.5, 0.6) is 11.5 Å². The molecule has 0 radical (unpaired) electrons. The van der Waals surface area contributed by atoms with Gasteiger partial charge in [-0.15, -0.1) is 0 Å². The average molecular weight is 517 g/mol. The van der Waals surface area contributed by atoms with Gasteiger partial charge in [-0.25, -0.2) is 0 Å². The first kappa shape index (κ1) is 23.6. The first-order chi connectivity index (χ1) is 15.3. The topological polar surface area (TPSA) is 84.9 Å². The minimum Gasteiger partial charge on any atom is -0.493 e. The third kappa shape index (κ3) is 5.60. The summed E-state index contributed by atoms with van der Waals surface area (Å²) in [6.07, 6.45) is 3.19. The molecule has 1 saturated heterocycles. The second-order valence-electron chi connectivity index (χ2n) is 6.81. The molecule has 2 aromatic rings. The van der Waals surface area contributed by atoms with Gasteiger partial charge in [-0.1, -0.05) is 46.3 Å². The monoisotopic (exact) mass is 516 g/mol. The summed E-state index contributed by atoms with van der Waals surface area (Å²) in [5.41, 5.74) is 2.28. The Labute approximate surface area is 198 Å². The molecule has 166 valence electrons. The number of aryl methyl sites for hydroxylation is 1. The Hall–Kier alpha value is -3.04. The predicted molar refractivity (Wildman–Crippen MR) is 129 cm³/mol. The lowest BCUT2D eigenvalue weighted by molar-refractivity contribution is -0.127. The van der Waals surface area contributed by atoms with Crippen molar-refractivity contribution in [2.24, 2.45) is 0 Å². The van der Waals surface area contributed by atoms with Crippen LogP contribution in [0.1, 0.15) is 11.1 Å². The number of hydrogen-bond donors (Lipinski definition) is 1. The summed E-state index contributed by atoms with van der Waals surface area (Å²) in [7, 11) is 1.51. The van der Waals surface area contributed by atoms with E-state index in [-0.39, 0.29) is 11.4 Å². The molecule has 0 aromatic heterocycles. The molecule has 1 fully saturated rings. The smallest absolute Gasteiger partial charge is 0.294 e. The van der Waals surface area contributed by atoms with Crippen molar-refractivity contribution in [2.45, 2.75) is 6.92 Å². The molecular weight excluding hydrogens is 496 g/mol. The first-order valence-corrected chi connectivity index (χ1v) is 11.2. The molecule has 3 amide bonds. The Balaban J connectivity index is 1.75. The number of thioether (sulfide) groups is 1. The second kappa shape index (κ2) is 10.5. The Kier molecular flexibility index (Phi) is 7.76. The van der Waals surface area contributed by atoms with Gasteiger partial charge in [-0.3, -0.25) is 19.3 Å². The van der Waals surface area contributed by atoms with Gasteiger partial charge in [0.1, 0.15) is 13.2 Å². The van der Waals surface area contributed by atoms with Crippen molar-refractivity contribution in [2.75, 3.05) is 25.6 Å². The number of anilines is 1. The molecular formula is C23H21BrN2O5S. The summed E-state index contributed by atoms with van der Waals surface area (Å²) in [6.45, 7) is 5.50. The van der Waals surface area contributed by atoms with E-state index in [9.17, 15) is 14.4 Å². The van der Waals surface area contributed by atoms with Crippen molar-refractivity contribution in [1.29, 1.82) is 0 Å². The number of ether oxygens (including phenoxy) is 2. The number of benzene rings is 2. The van der Waals surface area contributed by atoms with Crippen LogP contribution in [0.25, 0.3) is 6.08 Å². The maximum Gasteiger partial charge on any atom is 0.294 e. The fourth-order valence-electron chi connectivity index (χ4n) is 2.84. The van der Waals surface area contributed by atoms with Gasteiger partial charge in [-0.2, -0.15) is 0 Å². The zero-order valence-electron chi connectivity index (χ0n) is 17.5. The minimum atomic E-state index is -0.531. The van der Waals surface area contributed by atoms with Gasteiger partial charge in [0.05, 0.1) is 12.0 Å². The number of halogens is 1. The number of nitrogens with zero attached hydrogens (tertiary/aromatic N) is 1. The average Bonchev–Trinajstić information content (AvgIpc) is 3.02. The van der Waals surface area contributed by atoms with Gasteiger partial charge < -0.3 is 14.8 Å². The SMILES string of the molecule is C=CCOc1cc(Br)c(C=C2SC(=O)N(CC(=O)Nc3ccc(C)cc3)C2=O)cc1OC. The largest absolute Gasteiger partial charge is 0.493 e. The predicted octanol–water partition coefficient (Wildman–Crippen LogP) is 5.01. The minimum absolute atomic E-state index is 0.209. The number of rotatable bonds is 8. The van der Waals surface area contributed by atoms with Crippen molar-refractivity contribution >= 4 is 56.5 Å². The van der Waals surface area contributed by atoms with Gasteiger partial charge >= 0.3 is 0 Å². The van der Waals surface area contributed by atoms with E-state index in [0.717, 1.165) is 22.2 Å². The lowest BCUT2D eigenvalue weighted by atomic mass is 10.2. The van der Waals surface area contributed by atoms with Crippen molar-refractivity contribution in [3.63, 3.8) is 0 Å². The van der Waals surface area contributed by atoms with E-state index in [1.54, 1.807) is 36.4 Å². The number of nitrogens with one attached hydrogen (secondary N) is 1. The zero-order valence-corrected chi connectivity index (χ0v) is 19.9. The number of carbonyl (C=O) groups excluding carboxylic acids is 3. The van der Waals surface area contributed by atoms with E-state index in [4.69, 9.17) is 9.47 Å². The molecule has 3 rings (SSSR count). The van der Waals surface area contributed by atoms with Gasteiger partial charge in [0.25, 0.3) is 11.1 Å². The number of amides is 3. The van der Waals surface area contributed by atoms with E-state index in [1.807, 2.05) is 19.1 Å². The van der Waals surface area contributed by atoms with Crippen LogP contribution in [-0.4, -0.2) is 42.2 Å². The molecule has 1 aliphatic heterocycles. The molecule has 0 atom stereocenters. The Morgan fingerprint density at radius 3 is 2.59 bits per heavy atom. The number of hydrogen-bond acceptors (Lipinski definition) is 6. The summed E-state index contributed by atoms with van der Waals surface area (Å²) < 4.78 is 11.6. The highest BCUT2D eigenvalue weighted by Gasteiger charge is 2.36. The number of carbonyl (C=O) groups is 3. The fraction of sp³-hybridized carbons (Fsp3) is 0.174. The maximum atomic E-state index is 12.8. The maximum absolute atomic E-state index is 12.8. The summed E-state index contributed by atoms with van der Waals surface area (Å²) in [5, 5.41) is 2.18. The van der Waals surface area contributed by atoms with E-state index in [2.05, 4.69) is 27.8 Å². The molecule has 9 heteroatoms. The molecule has 0 bridgehead atoms. The lowest BCUT2D eigenvalue weighted by Crippen LogP contribution is -2.36. The Morgan fingerprint density at radius 1 is 1.22 bits per heavy atom. The molecule has 0 spiro atoms. The Morgan fingerprint density at radius 2 is 1.94 bits per heavy atom. The van der Waals surface area contributed by atoms with E-state index < -0.39 is 17.1 Å². The molecule has 2 aromatic carbocycles. The molecule has 0 aliphatic carbocycles. The Bertz CT molecular complexity index is 1100. The third-order valence-corrected chi connectivity index (χ3v) is 6.03. The zero-order chi connectivity index (χ0) is 23.3. The van der Waals surface area contributed by atoms with Crippen molar-refractivity contribution < 1.29 is 23.9 Å². The van der Waals surface area contributed by atoms with Gasteiger partial charge in [0.2, 0.25) is 5.91 Å². The fourth-order valence-corrected chi connectivity index (χ4v) is 4.11. The van der Waals surface area contributed by atoms with E-state index in [0.29, 0.717) is 33.8 Å². The summed E-state index contributed by atoms with van der Waals surface area (Å²) in [5.74, 6) is -0.00353. The van der Waals surface area contributed by atoms with Crippen LogP contribution in [0.15, 0.2) is 58.4 Å². The van der Waals surface area contributed by atoms with Crippen LogP contribution in [0.3, 0.4) is 0 Å². The molecule has 32 heavy (non-hydrogen) atoms. The molecule has 0 saturated carbocycles. The molecule has 0 unspecified atom stereocenters. The van der Waals surface area contributed by atoms with E-state index in [1.165, 1.54) is 7.11 Å². The molecule has 1 heterocycles. The highest BCUT2D eigenvalue weighted by atomic mass is 79.9. The van der Waals surface area contributed by atoms with Crippen LogP contribution in [0.4, 0.5) is 10.5 Å². The van der Waals surface area contributed by atoms with Crippen molar-refractivity contribution in [3.05, 3.63) is 69.6 Å². The quantitative estimate of drug-likeness (QED) is 0.392. The van der Waals surface area contributed by atoms with Crippen LogP contribution in [0, 0.1) is 6.92 Å². The number of imide groups is 1. The lowest BCUT2D eigenvalue weighted by Gasteiger charge is -2.13. The molecule has 7 nitrogen and oxygen atoms in total. The standard InChI is InChI=1S/C23H21BrN2O5S/c1-4-9-31-19-12-17(24)15(10-18(19)30-3)11-20-22(28)26(23(29)32-20)13-21(27)25-16-7-5-14(2)6-8-16/h4-8,10-12H,1,9,13H2,2-3H3,(H,25,27). The highest BCUT2D eigenvalue weighted by Crippen LogP contribution is 2.38. The van der Waals surface area contributed by atoms with Crippen LogP contribution in [-0.2, 0) is 9.59 Å². The van der Waals surface area contributed by atoms with Gasteiger partial charge in [0, 0.05) is 10.2 Å². The highest BCUT2D eigenvalue weighted by molar-refractivity contribution is 9.10. The third-order valence-electron chi connectivity index (χ3n) is 4.44. The summed E-state index contributed by atoms with van der Waals surface area (Å²) in [4.78, 5) is 38.6. The molecule has 1 N–H and O–H groups in total. The molecule has 1 aliphatic rings. The number of methoxy groups -OCH3 is 1. The van der Waals surface area contributed by atoms with Gasteiger partial charge in [-0.05, 0) is 54.6 Å².